The Morgan fingerprint density at radius 3 is 2.17 bits per heavy atom. The van der Waals surface area contributed by atoms with Gasteiger partial charge in [-0.05, 0) is 32.5 Å². The first-order chi connectivity index (χ1) is 10.8. The first-order valence-electron chi connectivity index (χ1n) is 7.58. The van der Waals surface area contributed by atoms with Gasteiger partial charge in [0.1, 0.15) is 0 Å². The molecule has 4 atom stereocenters. The van der Waals surface area contributed by atoms with Crippen molar-refractivity contribution in [2.24, 2.45) is 0 Å². The van der Waals surface area contributed by atoms with E-state index < -0.39 is 50.9 Å². The number of rotatable bonds is 3. The molecule has 2 bridgehead atoms. The Labute approximate surface area is 138 Å². The van der Waals surface area contributed by atoms with Crippen LogP contribution in [-0.2, 0) is 4.43 Å². The molecule has 0 aliphatic carbocycles. The lowest BCUT2D eigenvalue weighted by molar-refractivity contribution is -0.221. The summed E-state index contributed by atoms with van der Waals surface area (Å²) in [6.45, 7) is 4.45. The number of amides is 2. The predicted octanol–water partition coefficient (Wildman–Crippen LogP) is 2.64. The van der Waals surface area contributed by atoms with Crippen LogP contribution in [0.1, 0.15) is 12.8 Å². The summed E-state index contributed by atoms with van der Waals surface area (Å²) in [6, 6.07) is -3.26. The van der Waals surface area contributed by atoms with Gasteiger partial charge in [0.05, 0.1) is 18.1 Å². The topological polar surface area (TPSA) is 90.3 Å². The van der Waals surface area contributed by atoms with Crippen molar-refractivity contribution in [3.63, 3.8) is 0 Å². The molecule has 0 radical (unpaired) electrons. The van der Waals surface area contributed by atoms with E-state index in [1.807, 2.05) is 0 Å². The number of piperazine rings is 1. The molecule has 0 spiro atoms. The van der Waals surface area contributed by atoms with Crippen LogP contribution in [0.5, 0.6) is 0 Å². The van der Waals surface area contributed by atoms with E-state index in [0.717, 1.165) is 4.90 Å². The monoisotopic (exact) mass is 370 g/mol. The number of halogens is 3. The van der Waals surface area contributed by atoms with Crippen LogP contribution in [0.3, 0.4) is 0 Å². The van der Waals surface area contributed by atoms with Crippen molar-refractivity contribution in [1.82, 2.24) is 9.80 Å². The maximum atomic E-state index is 13.6. The molecule has 0 aromatic heterocycles. The Hall–Kier alpha value is -1.49. The van der Waals surface area contributed by atoms with E-state index in [1.165, 1.54) is 0 Å². The zero-order chi connectivity index (χ0) is 18.4. The van der Waals surface area contributed by atoms with Crippen LogP contribution in [0.25, 0.3) is 0 Å². The van der Waals surface area contributed by atoms with Crippen molar-refractivity contribution in [1.29, 1.82) is 0 Å². The lowest BCUT2D eigenvalue weighted by Gasteiger charge is -2.48. The molecule has 2 fully saturated rings. The highest BCUT2D eigenvalue weighted by atomic mass is 28.4. The van der Waals surface area contributed by atoms with E-state index in [1.54, 1.807) is 19.6 Å². The van der Waals surface area contributed by atoms with Gasteiger partial charge in [-0.1, -0.05) is 0 Å². The minimum atomic E-state index is -4.79. The molecule has 24 heavy (non-hydrogen) atoms. The normalized spacial score (nSPS) is 28.8. The number of nitrogens with zero attached hydrogens (tertiary/aromatic N) is 2. The zero-order valence-corrected chi connectivity index (χ0v) is 14.6. The van der Waals surface area contributed by atoms with Crippen molar-refractivity contribution >= 4 is 20.5 Å². The minimum Gasteiger partial charge on any atom is -0.465 e. The Kier molecular flexibility index (Phi) is 4.79. The summed E-state index contributed by atoms with van der Waals surface area (Å²) in [6.07, 6.45) is -9.42. The molecule has 2 saturated heterocycles. The molecular weight excluding hydrogens is 349 g/mol. The van der Waals surface area contributed by atoms with Gasteiger partial charge in [0.2, 0.25) is 0 Å². The van der Waals surface area contributed by atoms with Gasteiger partial charge in [0.25, 0.3) is 0 Å². The number of hydrogen-bond donors (Lipinski definition) is 2. The fraction of sp³-hybridized carbons (Fsp3) is 0.846. The summed E-state index contributed by atoms with van der Waals surface area (Å²) in [5, 5.41) is 18.7. The molecule has 2 amide bonds. The summed E-state index contributed by atoms with van der Waals surface area (Å²) in [5.41, 5.74) is 0. The fourth-order valence-corrected chi connectivity index (χ4v) is 4.60. The number of likely N-dealkylation sites (tertiary alicyclic amines) is 1. The second-order valence-corrected chi connectivity index (χ2v) is 11.6. The molecule has 138 valence electrons. The molecule has 2 rings (SSSR count). The summed E-state index contributed by atoms with van der Waals surface area (Å²) in [5.74, 6) is 0. The van der Waals surface area contributed by atoms with Crippen LogP contribution < -0.4 is 0 Å². The number of fused-ring (bicyclic) bond motifs is 2. The van der Waals surface area contributed by atoms with E-state index in [-0.39, 0.29) is 13.0 Å². The Bertz CT molecular complexity index is 525. The van der Waals surface area contributed by atoms with Gasteiger partial charge < -0.3 is 14.6 Å². The first-order valence-corrected chi connectivity index (χ1v) is 11.0. The third-order valence-corrected chi connectivity index (χ3v) is 5.25. The van der Waals surface area contributed by atoms with E-state index in [4.69, 9.17) is 4.43 Å². The second kappa shape index (κ2) is 6.10. The standard InChI is InChI=1S/C13H21F3N2O5Si/c1-24(2,3)23-10(13(14,15)16)9-8-5-4-7(18(8)12(21)22)6-17(9)11(19)20/h7-10H,4-6H2,1-3H3,(H,19,20)(H,21,22)/t7-,8+,9-,10?/m0/s1. The zero-order valence-electron chi connectivity index (χ0n) is 13.6. The molecule has 2 N–H and O–H groups in total. The van der Waals surface area contributed by atoms with E-state index in [2.05, 4.69) is 0 Å². The summed E-state index contributed by atoms with van der Waals surface area (Å²) in [4.78, 5) is 24.6. The van der Waals surface area contributed by atoms with Gasteiger partial charge in [0, 0.05) is 6.54 Å². The Balaban J connectivity index is 2.46. The van der Waals surface area contributed by atoms with Crippen LogP contribution in [0.4, 0.5) is 22.8 Å². The second-order valence-electron chi connectivity index (χ2n) is 7.11. The van der Waals surface area contributed by atoms with Crippen LogP contribution in [0.15, 0.2) is 0 Å². The maximum absolute atomic E-state index is 13.6. The van der Waals surface area contributed by atoms with Crippen molar-refractivity contribution < 1.29 is 37.4 Å². The molecule has 1 unspecified atom stereocenters. The summed E-state index contributed by atoms with van der Waals surface area (Å²) >= 11 is 0. The van der Waals surface area contributed by atoms with Gasteiger partial charge in [-0.2, -0.15) is 13.2 Å². The van der Waals surface area contributed by atoms with Crippen molar-refractivity contribution in [3.05, 3.63) is 0 Å². The van der Waals surface area contributed by atoms with Crippen LogP contribution >= 0.6 is 0 Å². The van der Waals surface area contributed by atoms with Crippen molar-refractivity contribution in [2.75, 3.05) is 6.54 Å². The van der Waals surface area contributed by atoms with Gasteiger partial charge >= 0.3 is 18.4 Å². The number of carboxylic acid groups (broad SMARTS) is 2. The maximum Gasteiger partial charge on any atom is 0.415 e. The molecule has 2 aliphatic rings. The van der Waals surface area contributed by atoms with E-state index >= 15 is 0 Å². The molecule has 0 saturated carbocycles. The van der Waals surface area contributed by atoms with Gasteiger partial charge in [0.15, 0.2) is 14.4 Å². The van der Waals surface area contributed by atoms with Crippen LogP contribution in [0, 0.1) is 0 Å². The number of alkyl halides is 3. The SMILES string of the molecule is C[Si](C)(C)OC([C@@H]1[C@H]2CC[C@@H](CN1C(=O)O)N2C(=O)O)C(F)(F)F. The molecular formula is C13H21F3N2O5Si. The number of hydrogen-bond acceptors (Lipinski definition) is 3. The highest BCUT2D eigenvalue weighted by molar-refractivity contribution is 6.69. The summed E-state index contributed by atoms with van der Waals surface area (Å²) in [7, 11) is -2.66. The van der Waals surface area contributed by atoms with Crippen molar-refractivity contribution in [2.45, 2.75) is 62.9 Å². The average molecular weight is 370 g/mol. The minimum absolute atomic E-state index is 0.188. The highest BCUT2D eigenvalue weighted by Gasteiger charge is 2.59. The first kappa shape index (κ1) is 18.8. The molecule has 2 aliphatic heterocycles. The predicted molar refractivity (Wildman–Crippen MR) is 79.5 cm³/mol. The fourth-order valence-electron chi connectivity index (χ4n) is 3.56. The third kappa shape index (κ3) is 3.61. The largest absolute Gasteiger partial charge is 0.465 e. The van der Waals surface area contributed by atoms with E-state index in [9.17, 15) is 33.0 Å². The summed E-state index contributed by atoms with van der Waals surface area (Å²) < 4.78 is 46.2. The van der Waals surface area contributed by atoms with E-state index in [0.29, 0.717) is 11.3 Å². The molecule has 2 heterocycles. The Morgan fingerprint density at radius 2 is 1.75 bits per heavy atom. The number of carbonyl (C=O) groups is 2. The highest BCUT2D eigenvalue weighted by Crippen LogP contribution is 2.41. The van der Waals surface area contributed by atoms with Gasteiger partial charge in [-0.25, -0.2) is 9.59 Å². The van der Waals surface area contributed by atoms with Crippen LogP contribution in [-0.4, -0.2) is 77.5 Å². The quantitative estimate of drug-likeness (QED) is 0.746. The molecule has 0 aromatic carbocycles. The molecule has 7 nitrogen and oxygen atoms in total. The molecule has 11 heteroatoms. The lowest BCUT2D eigenvalue weighted by Crippen LogP contribution is -2.68. The third-order valence-electron chi connectivity index (χ3n) is 4.29. The van der Waals surface area contributed by atoms with Gasteiger partial charge in [-0.3, -0.25) is 9.80 Å². The smallest absolute Gasteiger partial charge is 0.415 e. The van der Waals surface area contributed by atoms with Crippen LogP contribution in [0.2, 0.25) is 19.6 Å². The Morgan fingerprint density at radius 1 is 1.17 bits per heavy atom. The average Bonchev–Trinajstić information content (AvgIpc) is 2.69. The lowest BCUT2D eigenvalue weighted by atomic mass is 9.97. The van der Waals surface area contributed by atoms with Crippen molar-refractivity contribution in [3.8, 4) is 0 Å². The van der Waals surface area contributed by atoms with Gasteiger partial charge in [-0.15, -0.1) is 0 Å². The molecule has 0 aromatic rings.